The molecule has 0 aliphatic carbocycles. The lowest BCUT2D eigenvalue weighted by atomic mass is 10.3. The van der Waals surface area contributed by atoms with Crippen LogP contribution in [0.15, 0.2) is 10.7 Å². The van der Waals surface area contributed by atoms with E-state index in [4.69, 9.17) is 21.8 Å². The standard InChI is InChI=1S/C12H17ClN6OS/c1-8(14)10-15-9(7-20-10)6-18-2-4-19(5-3-18)12-16-11(13)17-21-12/h7-8H,2-6,14H2,1H3/t8-/m0/s1. The first-order chi connectivity index (χ1) is 10.1. The van der Waals surface area contributed by atoms with Gasteiger partial charge in [0.1, 0.15) is 6.26 Å². The zero-order chi connectivity index (χ0) is 14.8. The Hall–Kier alpha value is -1.22. The largest absolute Gasteiger partial charge is 0.447 e. The molecule has 21 heavy (non-hydrogen) atoms. The molecule has 1 aliphatic heterocycles. The molecule has 0 saturated carbocycles. The number of hydrogen-bond donors (Lipinski definition) is 1. The Morgan fingerprint density at radius 1 is 1.38 bits per heavy atom. The van der Waals surface area contributed by atoms with Crippen molar-refractivity contribution < 1.29 is 4.42 Å². The molecule has 3 heterocycles. The Labute approximate surface area is 131 Å². The maximum absolute atomic E-state index is 5.77. The van der Waals surface area contributed by atoms with Gasteiger partial charge in [-0.3, -0.25) is 4.90 Å². The van der Waals surface area contributed by atoms with E-state index < -0.39 is 0 Å². The molecule has 3 rings (SSSR count). The molecule has 2 aromatic heterocycles. The number of anilines is 1. The molecule has 0 radical (unpaired) electrons. The topological polar surface area (TPSA) is 84.3 Å². The predicted octanol–water partition coefficient (Wildman–Crippen LogP) is 1.52. The fourth-order valence-corrected chi connectivity index (χ4v) is 3.11. The highest BCUT2D eigenvalue weighted by atomic mass is 35.5. The fraction of sp³-hybridized carbons (Fsp3) is 0.583. The minimum absolute atomic E-state index is 0.169. The second-order valence-corrected chi connectivity index (χ2v) is 6.14. The van der Waals surface area contributed by atoms with Crippen molar-refractivity contribution >= 4 is 28.3 Å². The van der Waals surface area contributed by atoms with Crippen molar-refractivity contribution in [3.8, 4) is 0 Å². The van der Waals surface area contributed by atoms with E-state index in [-0.39, 0.29) is 6.04 Å². The molecule has 0 unspecified atom stereocenters. The van der Waals surface area contributed by atoms with Crippen molar-refractivity contribution in [1.29, 1.82) is 0 Å². The van der Waals surface area contributed by atoms with Crippen molar-refractivity contribution in [2.45, 2.75) is 19.5 Å². The minimum atomic E-state index is -0.169. The van der Waals surface area contributed by atoms with Crippen molar-refractivity contribution in [1.82, 2.24) is 19.2 Å². The van der Waals surface area contributed by atoms with Crippen LogP contribution in [0.4, 0.5) is 5.13 Å². The number of aromatic nitrogens is 3. The Bertz CT molecular complexity index is 592. The van der Waals surface area contributed by atoms with E-state index in [9.17, 15) is 0 Å². The maximum Gasteiger partial charge on any atom is 0.236 e. The molecule has 0 bridgehead atoms. The number of nitrogens with zero attached hydrogens (tertiary/aromatic N) is 5. The maximum atomic E-state index is 5.77. The lowest BCUT2D eigenvalue weighted by Crippen LogP contribution is -2.46. The Morgan fingerprint density at radius 3 is 2.71 bits per heavy atom. The zero-order valence-corrected chi connectivity index (χ0v) is 13.3. The van der Waals surface area contributed by atoms with Crippen LogP contribution >= 0.6 is 23.1 Å². The summed E-state index contributed by atoms with van der Waals surface area (Å²) in [5.41, 5.74) is 6.67. The molecule has 1 saturated heterocycles. The van der Waals surface area contributed by atoms with Crippen LogP contribution in [0.25, 0.3) is 0 Å². The lowest BCUT2D eigenvalue weighted by molar-refractivity contribution is 0.247. The van der Waals surface area contributed by atoms with Gasteiger partial charge in [0, 0.05) is 44.3 Å². The van der Waals surface area contributed by atoms with Gasteiger partial charge in [0.15, 0.2) is 0 Å². The van der Waals surface area contributed by atoms with Gasteiger partial charge in [-0.15, -0.1) is 0 Å². The molecule has 1 aliphatic rings. The molecule has 9 heteroatoms. The van der Waals surface area contributed by atoms with Crippen LogP contribution in [0, 0.1) is 0 Å². The smallest absolute Gasteiger partial charge is 0.236 e. The Balaban J connectivity index is 1.53. The normalized spacial score (nSPS) is 18.1. The van der Waals surface area contributed by atoms with Crippen molar-refractivity contribution in [2.75, 3.05) is 31.1 Å². The van der Waals surface area contributed by atoms with Crippen LogP contribution < -0.4 is 10.6 Å². The van der Waals surface area contributed by atoms with Crippen LogP contribution in [0.2, 0.25) is 5.28 Å². The summed E-state index contributed by atoms with van der Waals surface area (Å²) in [6, 6.07) is -0.169. The third-order valence-electron chi connectivity index (χ3n) is 3.38. The Morgan fingerprint density at radius 2 is 2.14 bits per heavy atom. The van der Waals surface area contributed by atoms with Crippen LogP contribution in [0.1, 0.15) is 24.6 Å². The number of hydrogen-bond acceptors (Lipinski definition) is 8. The molecule has 7 nitrogen and oxygen atoms in total. The summed E-state index contributed by atoms with van der Waals surface area (Å²) in [5, 5.41) is 1.21. The summed E-state index contributed by atoms with van der Waals surface area (Å²) in [5.74, 6) is 0.590. The van der Waals surface area contributed by atoms with E-state index in [0.717, 1.165) is 43.5 Å². The number of oxazole rings is 1. The van der Waals surface area contributed by atoms with Crippen molar-refractivity contribution in [3.63, 3.8) is 0 Å². The molecule has 2 N–H and O–H groups in total. The summed E-state index contributed by atoms with van der Waals surface area (Å²) in [4.78, 5) is 13.1. The summed E-state index contributed by atoms with van der Waals surface area (Å²) < 4.78 is 9.36. The van der Waals surface area contributed by atoms with E-state index >= 15 is 0 Å². The quantitative estimate of drug-likeness (QED) is 0.910. The summed E-state index contributed by atoms with van der Waals surface area (Å²) >= 11 is 7.11. The minimum Gasteiger partial charge on any atom is -0.447 e. The molecule has 0 spiro atoms. The van der Waals surface area contributed by atoms with Crippen LogP contribution in [-0.2, 0) is 6.54 Å². The highest BCUT2D eigenvalue weighted by Gasteiger charge is 2.21. The highest BCUT2D eigenvalue weighted by Crippen LogP contribution is 2.21. The summed E-state index contributed by atoms with van der Waals surface area (Å²) in [7, 11) is 0. The van der Waals surface area contributed by atoms with Gasteiger partial charge in [-0.2, -0.15) is 9.36 Å². The Kier molecular flexibility index (Phi) is 4.39. The highest BCUT2D eigenvalue weighted by molar-refractivity contribution is 7.10. The molecular weight excluding hydrogens is 312 g/mol. The molecule has 114 valence electrons. The SMILES string of the molecule is C[C@H](N)c1nc(CN2CCN(c3nc(Cl)ns3)CC2)co1. The van der Waals surface area contributed by atoms with Crippen molar-refractivity contribution in [2.24, 2.45) is 5.73 Å². The second kappa shape index (κ2) is 6.27. The summed E-state index contributed by atoms with van der Waals surface area (Å²) in [6.07, 6.45) is 1.69. The van der Waals surface area contributed by atoms with Crippen LogP contribution in [0.3, 0.4) is 0 Å². The first kappa shape index (κ1) is 14.7. The van der Waals surface area contributed by atoms with E-state index in [1.54, 1.807) is 6.26 Å². The number of piperazine rings is 1. The van der Waals surface area contributed by atoms with Gasteiger partial charge < -0.3 is 15.1 Å². The molecule has 2 aromatic rings. The number of rotatable bonds is 4. The fourth-order valence-electron chi connectivity index (χ4n) is 2.26. The van der Waals surface area contributed by atoms with E-state index in [0.29, 0.717) is 11.2 Å². The first-order valence-corrected chi connectivity index (χ1v) is 7.93. The second-order valence-electron chi connectivity index (χ2n) is 5.07. The lowest BCUT2D eigenvalue weighted by Gasteiger charge is -2.33. The predicted molar refractivity (Wildman–Crippen MR) is 81.5 cm³/mol. The van der Waals surface area contributed by atoms with Gasteiger partial charge in [-0.05, 0) is 18.5 Å². The van der Waals surface area contributed by atoms with Gasteiger partial charge in [-0.1, -0.05) is 0 Å². The summed E-state index contributed by atoms with van der Waals surface area (Å²) in [6.45, 7) is 6.34. The molecular formula is C12H17ClN6OS. The van der Waals surface area contributed by atoms with E-state index in [1.807, 2.05) is 6.92 Å². The van der Waals surface area contributed by atoms with Gasteiger partial charge in [-0.25, -0.2) is 4.98 Å². The number of nitrogens with two attached hydrogens (primary N) is 1. The van der Waals surface area contributed by atoms with Crippen LogP contribution in [-0.4, -0.2) is 45.4 Å². The zero-order valence-electron chi connectivity index (χ0n) is 11.7. The van der Waals surface area contributed by atoms with Crippen molar-refractivity contribution in [3.05, 3.63) is 23.1 Å². The number of halogens is 1. The average Bonchev–Trinajstić information content (AvgIpc) is 3.09. The van der Waals surface area contributed by atoms with Gasteiger partial charge >= 0.3 is 0 Å². The van der Waals surface area contributed by atoms with Gasteiger partial charge in [0.25, 0.3) is 0 Å². The van der Waals surface area contributed by atoms with E-state index in [1.165, 1.54) is 11.5 Å². The third-order valence-corrected chi connectivity index (χ3v) is 4.42. The molecule has 1 atom stereocenters. The van der Waals surface area contributed by atoms with Gasteiger partial charge in [0.2, 0.25) is 16.3 Å². The van der Waals surface area contributed by atoms with E-state index in [2.05, 4.69) is 24.1 Å². The molecule has 1 fully saturated rings. The van der Waals surface area contributed by atoms with Crippen LogP contribution in [0.5, 0.6) is 0 Å². The average molecular weight is 329 g/mol. The third kappa shape index (κ3) is 3.52. The first-order valence-electron chi connectivity index (χ1n) is 6.78. The molecule has 0 amide bonds. The molecule has 0 aromatic carbocycles. The monoisotopic (exact) mass is 328 g/mol. The van der Waals surface area contributed by atoms with Gasteiger partial charge in [0.05, 0.1) is 11.7 Å².